The Bertz CT molecular complexity index is 830. The molecule has 0 atom stereocenters. The zero-order chi connectivity index (χ0) is 20.4. The maximum atomic E-state index is 13.3. The van der Waals surface area contributed by atoms with Crippen LogP contribution >= 0.6 is 24.0 Å². The van der Waals surface area contributed by atoms with Gasteiger partial charge in [0.2, 0.25) is 5.91 Å². The van der Waals surface area contributed by atoms with Crippen molar-refractivity contribution in [1.29, 1.82) is 0 Å². The number of nitrogens with zero attached hydrogens (tertiary/aromatic N) is 1. The Morgan fingerprint density at radius 3 is 2.59 bits per heavy atom. The minimum Gasteiger partial charge on any atom is -0.495 e. The molecule has 0 aromatic heterocycles. The van der Waals surface area contributed by atoms with Crippen molar-refractivity contribution in [3.8, 4) is 5.75 Å². The standard InChI is InChI=1S/C21H27FN4O2.HI/c1-4-23-21(24-11-10-16-6-5-7-18(22)12-16)25-14-17-8-9-20(28-3)19(13-17)26-15(2)27;/h5-9,12-13H,4,10-11,14H2,1-3H3,(H,26,27)(H2,23,24,25);1H. The molecular weight excluding hydrogens is 486 g/mol. The summed E-state index contributed by atoms with van der Waals surface area (Å²) in [5.41, 5.74) is 2.48. The lowest BCUT2D eigenvalue weighted by Gasteiger charge is -2.13. The minimum atomic E-state index is -0.229. The molecule has 0 aliphatic carbocycles. The van der Waals surface area contributed by atoms with E-state index >= 15 is 0 Å². The van der Waals surface area contributed by atoms with Gasteiger partial charge in [0.25, 0.3) is 0 Å². The number of aliphatic imine (C=N–C) groups is 1. The van der Waals surface area contributed by atoms with Crippen LogP contribution in [0.15, 0.2) is 47.5 Å². The van der Waals surface area contributed by atoms with Gasteiger partial charge in [0.15, 0.2) is 5.96 Å². The summed E-state index contributed by atoms with van der Waals surface area (Å²) in [6.07, 6.45) is 0.692. The predicted octanol–water partition coefficient (Wildman–Crippen LogP) is 3.71. The van der Waals surface area contributed by atoms with Crippen molar-refractivity contribution in [2.24, 2.45) is 4.99 Å². The third kappa shape index (κ3) is 8.68. The van der Waals surface area contributed by atoms with E-state index in [0.29, 0.717) is 36.9 Å². The smallest absolute Gasteiger partial charge is 0.221 e. The summed E-state index contributed by atoms with van der Waals surface area (Å²) >= 11 is 0. The summed E-state index contributed by atoms with van der Waals surface area (Å²) in [6, 6.07) is 12.1. The number of hydrogen-bond acceptors (Lipinski definition) is 3. The van der Waals surface area contributed by atoms with Crippen molar-refractivity contribution in [2.75, 3.05) is 25.5 Å². The van der Waals surface area contributed by atoms with Gasteiger partial charge in [0, 0.05) is 20.0 Å². The number of carbonyl (C=O) groups is 1. The van der Waals surface area contributed by atoms with E-state index < -0.39 is 0 Å². The molecule has 0 heterocycles. The molecule has 8 heteroatoms. The zero-order valence-electron chi connectivity index (χ0n) is 16.9. The molecule has 2 aromatic rings. The molecule has 0 aliphatic rings. The Labute approximate surface area is 188 Å². The number of carbonyl (C=O) groups excluding carboxylic acids is 1. The van der Waals surface area contributed by atoms with E-state index in [4.69, 9.17) is 4.74 Å². The van der Waals surface area contributed by atoms with E-state index in [9.17, 15) is 9.18 Å². The van der Waals surface area contributed by atoms with Gasteiger partial charge in [0.05, 0.1) is 19.3 Å². The molecule has 0 radical (unpaired) electrons. The van der Waals surface area contributed by atoms with Crippen LogP contribution in [0.1, 0.15) is 25.0 Å². The van der Waals surface area contributed by atoms with Crippen LogP contribution in [0.4, 0.5) is 10.1 Å². The second kappa shape index (κ2) is 13.0. The number of amides is 1. The summed E-state index contributed by atoms with van der Waals surface area (Å²) in [5, 5.41) is 9.20. The van der Waals surface area contributed by atoms with Gasteiger partial charge in [-0.2, -0.15) is 0 Å². The number of methoxy groups -OCH3 is 1. The van der Waals surface area contributed by atoms with E-state index in [0.717, 1.165) is 17.7 Å². The lowest BCUT2D eigenvalue weighted by Crippen LogP contribution is -2.38. The van der Waals surface area contributed by atoms with E-state index in [1.165, 1.54) is 19.1 Å². The average Bonchev–Trinajstić information content (AvgIpc) is 2.66. The number of hydrogen-bond donors (Lipinski definition) is 3. The van der Waals surface area contributed by atoms with Crippen LogP contribution in [0.3, 0.4) is 0 Å². The molecule has 0 fully saturated rings. The molecule has 0 spiro atoms. The van der Waals surface area contributed by atoms with Crippen LogP contribution in [-0.2, 0) is 17.8 Å². The number of halogens is 2. The largest absolute Gasteiger partial charge is 0.495 e. The SMILES string of the molecule is CCNC(=NCc1ccc(OC)c(NC(C)=O)c1)NCCc1cccc(F)c1.I. The first kappa shape index (κ1) is 24.7. The lowest BCUT2D eigenvalue weighted by atomic mass is 10.1. The average molecular weight is 514 g/mol. The fourth-order valence-electron chi connectivity index (χ4n) is 2.67. The Balaban J connectivity index is 0.00000420. The molecule has 0 aliphatic heterocycles. The molecule has 29 heavy (non-hydrogen) atoms. The monoisotopic (exact) mass is 514 g/mol. The normalized spacial score (nSPS) is 10.7. The van der Waals surface area contributed by atoms with Crippen LogP contribution in [0.25, 0.3) is 0 Å². The predicted molar refractivity (Wildman–Crippen MR) is 126 cm³/mol. The van der Waals surface area contributed by atoms with Gasteiger partial charge < -0.3 is 20.7 Å². The van der Waals surface area contributed by atoms with Gasteiger partial charge in [-0.1, -0.05) is 18.2 Å². The van der Waals surface area contributed by atoms with Crippen molar-refractivity contribution < 1.29 is 13.9 Å². The number of rotatable bonds is 8. The van der Waals surface area contributed by atoms with Gasteiger partial charge in [-0.05, 0) is 48.7 Å². The fraction of sp³-hybridized carbons (Fsp3) is 0.333. The summed E-state index contributed by atoms with van der Waals surface area (Å²) in [4.78, 5) is 15.9. The molecule has 0 saturated heterocycles. The molecule has 6 nitrogen and oxygen atoms in total. The first-order chi connectivity index (χ1) is 13.5. The lowest BCUT2D eigenvalue weighted by molar-refractivity contribution is -0.114. The molecular formula is C21H28FIN4O2. The third-order valence-electron chi connectivity index (χ3n) is 3.93. The summed E-state index contributed by atoms with van der Waals surface area (Å²) < 4.78 is 18.5. The molecule has 158 valence electrons. The molecule has 0 unspecified atom stereocenters. The quantitative estimate of drug-likeness (QED) is 0.285. The summed E-state index contributed by atoms with van der Waals surface area (Å²) in [6.45, 7) is 5.24. The number of benzene rings is 2. The maximum Gasteiger partial charge on any atom is 0.221 e. The Morgan fingerprint density at radius 1 is 1.14 bits per heavy atom. The fourth-order valence-corrected chi connectivity index (χ4v) is 2.67. The number of nitrogens with one attached hydrogen (secondary N) is 3. The molecule has 2 aromatic carbocycles. The van der Waals surface area contributed by atoms with Crippen molar-refractivity contribution in [2.45, 2.75) is 26.8 Å². The van der Waals surface area contributed by atoms with Gasteiger partial charge >= 0.3 is 0 Å². The van der Waals surface area contributed by atoms with E-state index in [1.807, 2.05) is 25.1 Å². The van der Waals surface area contributed by atoms with E-state index in [-0.39, 0.29) is 35.7 Å². The van der Waals surface area contributed by atoms with Gasteiger partial charge in [-0.15, -0.1) is 24.0 Å². The molecule has 1 amide bonds. The number of guanidine groups is 1. The Kier molecular flexibility index (Phi) is 11.0. The van der Waals surface area contributed by atoms with Crippen LogP contribution in [0.5, 0.6) is 5.75 Å². The van der Waals surface area contributed by atoms with Crippen molar-refractivity contribution in [3.05, 3.63) is 59.4 Å². The molecule has 3 N–H and O–H groups in total. The zero-order valence-corrected chi connectivity index (χ0v) is 19.3. The van der Waals surface area contributed by atoms with Crippen LogP contribution in [0, 0.1) is 5.82 Å². The summed E-state index contributed by atoms with van der Waals surface area (Å²) in [5.74, 6) is 0.887. The van der Waals surface area contributed by atoms with E-state index in [1.54, 1.807) is 19.2 Å². The third-order valence-corrected chi connectivity index (χ3v) is 3.93. The highest BCUT2D eigenvalue weighted by molar-refractivity contribution is 14.0. The number of ether oxygens (including phenoxy) is 1. The van der Waals surface area contributed by atoms with Crippen LogP contribution in [0.2, 0.25) is 0 Å². The van der Waals surface area contributed by atoms with E-state index in [2.05, 4.69) is 20.9 Å². The van der Waals surface area contributed by atoms with Crippen molar-refractivity contribution in [3.63, 3.8) is 0 Å². The first-order valence-electron chi connectivity index (χ1n) is 9.23. The van der Waals surface area contributed by atoms with Crippen LogP contribution < -0.4 is 20.7 Å². The molecule has 0 bridgehead atoms. The maximum absolute atomic E-state index is 13.3. The second-order valence-electron chi connectivity index (χ2n) is 6.22. The highest BCUT2D eigenvalue weighted by Gasteiger charge is 2.06. The second-order valence-corrected chi connectivity index (χ2v) is 6.22. The highest BCUT2D eigenvalue weighted by atomic mass is 127. The molecule has 0 saturated carbocycles. The minimum absolute atomic E-state index is 0. The molecule has 2 rings (SSSR count). The van der Waals surface area contributed by atoms with Gasteiger partial charge in [-0.3, -0.25) is 4.79 Å². The Morgan fingerprint density at radius 2 is 1.93 bits per heavy atom. The van der Waals surface area contributed by atoms with Gasteiger partial charge in [-0.25, -0.2) is 9.38 Å². The van der Waals surface area contributed by atoms with Crippen molar-refractivity contribution >= 4 is 41.5 Å². The van der Waals surface area contributed by atoms with Crippen LogP contribution in [-0.4, -0.2) is 32.1 Å². The summed E-state index contributed by atoms with van der Waals surface area (Å²) in [7, 11) is 1.56. The number of anilines is 1. The van der Waals surface area contributed by atoms with Crippen molar-refractivity contribution in [1.82, 2.24) is 10.6 Å². The Hall–Kier alpha value is -2.36. The topological polar surface area (TPSA) is 74.8 Å². The first-order valence-corrected chi connectivity index (χ1v) is 9.23. The van der Waals surface area contributed by atoms with Gasteiger partial charge in [0.1, 0.15) is 11.6 Å². The highest BCUT2D eigenvalue weighted by Crippen LogP contribution is 2.25.